The first-order chi connectivity index (χ1) is 11.8. The Morgan fingerprint density at radius 1 is 1.29 bits per heavy atom. The Morgan fingerprint density at radius 3 is 2.92 bits per heavy atom. The number of rotatable bonds is 5. The van der Waals surface area contributed by atoms with Crippen LogP contribution in [0.3, 0.4) is 0 Å². The normalized spacial score (nSPS) is 25.7. The van der Waals surface area contributed by atoms with Crippen molar-refractivity contribution >= 4 is 11.8 Å². The first-order valence-electron chi connectivity index (χ1n) is 9.34. The highest BCUT2D eigenvalue weighted by molar-refractivity contribution is 5.47. The van der Waals surface area contributed by atoms with Crippen LogP contribution in [0.2, 0.25) is 0 Å². The Kier molecular flexibility index (Phi) is 4.59. The first-order valence-corrected chi connectivity index (χ1v) is 9.34. The fourth-order valence-corrected chi connectivity index (χ4v) is 4.50. The van der Waals surface area contributed by atoms with E-state index in [9.17, 15) is 0 Å². The Hall–Kier alpha value is -1.40. The molecule has 0 unspecified atom stereocenters. The van der Waals surface area contributed by atoms with E-state index < -0.39 is 0 Å². The zero-order chi connectivity index (χ0) is 16.4. The molecule has 3 heterocycles. The van der Waals surface area contributed by atoms with Crippen molar-refractivity contribution in [2.45, 2.75) is 44.4 Å². The van der Waals surface area contributed by atoms with E-state index in [1.807, 2.05) is 0 Å². The molecule has 2 aliphatic heterocycles. The van der Waals surface area contributed by atoms with Crippen molar-refractivity contribution in [3.8, 4) is 0 Å². The van der Waals surface area contributed by atoms with E-state index in [1.54, 1.807) is 0 Å². The summed E-state index contributed by atoms with van der Waals surface area (Å²) in [5, 5.41) is 12.2. The third-order valence-corrected chi connectivity index (χ3v) is 5.90. The van der Waals surface area contributed by atoms with Gasteiger partial charge in [-0.3, -0.25) is 0 Å². The lowest BCUT2D eigenvalue weighted by Gasteiger charge is -2.25. The fourth-order valence-electron chi connectivity index (χ4n) is 4.50. The molecule has 3 aliphatic rings. The summed E-state index contributed by atoms with van der Waals surface area (Å²) in [4.78, 5) is 11.8. The molecule has 4 rings (SSSR count). The summed E-state index contributed by atoms with van der Waals surface area (Å²) in [6.45, 7) is 4.35. The van der Waals surface area contributed by atoms with E-state index in [2.05, 4.69) is 21.3 Å². The molecule has 0 aromatic carbocycles. The van der Waals surface area contributed by atoms with Gasteiger partial charge in [0, 0.05) is 38.2 Å². The zero-order valence-corrected chi connectivity index (χ0v) is 14.3. The molecule has 1 saturated carbocycles. The van der Waals surface area contributed by atoms with Gasteiger partial charge in [-0.25, -0.2) is 4.98 Å². The summed E-state index contributed by atoms with van der Waals surface area (Å²) < 4.78 is 5.54. The Balaban J connectivity index is 1.57. The minimum atomic E-state index is 0.0856. The average Bonchev–Trinajstić information content (AvgIpc) is 3.36. The maximum atomic E-state index is 9.08. The van der Waals surface area contributed by atoms with Crippen molar-refractivity contribution < 1.29 is 9.84 Å². The van der Waals surface area contributed by atoms with E-state index in [4.69, 9.17) is 14.8 Å². The molecule has 1 atom stereocenters. The highest BCUT2D eigenvalue weighted by Crippen LogP contribution is 2.46. The van der Waals surface area contributed by atoms with Crippen LogP contribution in [-0.4, -0.2) is 54.5 Å². The molecule has 0 radical (unpaired) electrons. The highest BCUT2D eigenvalue weighted by Gasteiger charge is 2.40. The minimum absolute atomic E-state index is 0.0856. The van der Waals surface area contributed by atoms with Crippen molar-refractivity contribution in [2.75, 3.05) is 49.7 Å². The fraction of sp³-hybridized carbons (Fsp3) is 0.778. The maximum absolute atomic E-state index is 9.08. The zero-order valence-electron chi connectivity index (χ0n) is 14.3. The van der Waals surface area contributed by atoms with Crippen molar-refractivity contribution in [2.24, 2.45) is 5.41 Å². The molecule has 24 heavy (non-hydrogen) atoms. The molecule has 1 aromatic heterocycles. The highest BCUT2D eigenvalue weighted by atomic mass is 16.5. The number of nitrogens with one attached hydrogen (secondary N) is 1. The molecular formula is C18H28N4O2. The largest absolute Gasteiger partial charge is 0.395 e. The molecule has 6 nitrogen and oxygen atoms in total. The number of hydrogen-bond donors (Lipinski definition) is 2. The monoisotopic (exact) mass is 332 g/mol. The van der Waals surface area contributed by atoms with Crippen LogP contribution in [0.15, 0.2) is 6.07 Å². The summed E-state index contributed by atoms with van der Waals surface area (Å²) in [6, 6.07) is 2.16. The first kappa shape index (κ1) is 16.1. The number of aliphatic hydroxyl groups is 1. The van der Waals surface area contributed by atoms with Gasteiger partial charge >= 0.3 is 0 Å². The van der Waals surface area contributed by atoms with E-state index in [-0.39, 0.29) is 6.61 Å². The predicted octanol–water partition coefficient (Wildman–Crippen LogP) is 2.16. The van der Waals surface area contributed by atoms with Crippen LogP contribution >= 0.6 is 0 Å². The lowest BCUT2D eigenvalue weighted by Crippen LogP contribution is -2.26. The van der Waals surface area contributed by atoms with Gasteiger partial charge in [-0.15, -0.1) is 0 Å². The summed E-state index contributed by atoms with van der Waals surface area (Å²) in [6.07, 6.45) is 7.82. The van der Waals surface area contributed by atoms with Gasteiger partial charge in [0.15, 0.2) is 0 Å². The number of hydrogen-bond acceptors (Lipinski definition) is 6. The van der Waals surface area contributed by atoms with Gasteiger partial charge in [-0.1, -0.05) is 12.8 Å². The van der Waals surface area contributed by atoms with Gasteiger partial charge in [0.1, 0.15) is 5.82 Å². The molecule has 0 amide bonds. The van der Waals surface area contributed by atoms with E-state index >= 15 is 0 Å². The third-order valence-electron chi connectivity index (χ3n) is 5.90. The van der Waals surface area contributed by atoms with Crippen LogP contribution in [-0.2, 0) is 4.74 Å². The number of anilines is 2. The molecule has 1 aliphatic carbocycles. The van der Waals surface area contributed by atoms with E-state index in [0.29, 0.717) is 23.8 Å². The second-order valence-corrected chi connectivity index (χ2v) is 7.56. The standard InChI is InChI=1S/C18H28N4O2/c23-9-7-19-17-20-15(14-3-10-24-12-14)11-16(21-17)22-8-6-18(13-22)4-1-2-5-18/h11,14,23H,1-10,12-13H2,(H,19,20,21)/t14-/m0/s1. The van der Waals surface area contributed by atoms with Crippen LogP contribution < -0.4 is 10.2 Å². The summed E-state index contributed by atoms with van der Waals surface area (Å²) in [7, 11) is 0. The smallest absolute Gasteiger partial charge is 0.224 e. The average molecular weight is 332 g/mol. The Labute approximate surface area is 143 Å². The van der Waals surface area contributed by atoms with Gasteiger partial charge in [-0.05, 0) is 31.1 Å². The second kappa shape index (κ2) is 6.84. The summed E-state index contributed by atoms with van der Waals surface area (Å²) in [5.74, 6) is 2.04. The molecule has 1 spiro atoms. The number of aliphatic hydroxyl groups excluding tert-OH is 1. The van der Waals surface area contributed by atoms with Crippen molar-refractivity contribution in [3.05, 3.63) is 11.8 Å². The Morgan fingerprint density at radius 2 is 2.17 bits per heavy atom. The van der Waals surface area contributed by atoms with Crippen LogP contribution in [0.1, 0.15) is 50.1 Å². The number of nitrogens with zero attached hydrogens (tertiary/aromatic N) is 3. The number of aromatic nitrogens is 2. The summed E-state index contributed by atoms with van der Waals surface area (Å²) in [5.41, 5.74) is 1.60. The van der Waals surface area contributed by atoms with Crippen molar-refractivity contribution in [1.82, 2.24) is 9.97 Å². The lowest BCUT2D eigenvalue weighted by atomic mass is 9.86. The lowest BCUT2D eigenvalue weighted by molar-refractivity contribution is 0.193. The molecule has 2 saturated heterocycles. The van der Waals surface area contributed by atoms with Gasteiger partial charge in [-0.2, -0.15) is 4.98 Å². The summed E-state index contributed by atoms with van der Waals surface area (Å²) >= 11 is 0. The van der Waals surface area contributed by atoms with Crippen molar-refractivity contribution in [3.63, 3.8) is 0 Å². The second-order valence-electron chi connectivity index (χ2n) is 7.56. The maximum Gasteiger partial charge on any atom is 0.224 e. The molecular weight excluding hydrogens is 304 g/mol. The number of ether oxygens (including phenoxy) is 1. The van der Waals surface area contributed by atoms with Crippen LogP contribution in [0.4, 0.5) is 11.8 Å². The molecule has 1 aromatic rings. The van der Waals surface area contributed by atoms with Gasteiger partial charge in [0.2, 0.25) is 5.95 Å². The van der Waals surface area contributed by atoms with Gasteiger partial charge in [0.25, 0.3) is 0 Å². The molecule has 3 fully saturated rings. The van der Waals surface area contributed by atoms with Gasteiger partial charge in [0.05, 0.1) is 18.9 Å². The van der Waals surface area contributed by atoms with E-state index in [1.165, 1.54) is 32.1 Å². The molecule has 2 N–H and O–H groups in total. The minimum Gasteiger partial charge on any atom is -0.395 e. The SMILES string of the molecule is OCCNc1nc([C@H]2CCOC2)cc(N2CCC3(CCCC3)C2)n1. The quantitative estimate of drug-likeness (QED) is 0.861. The van der Waals surface area contributed by atoms with Crippen LogP contribution in [0.25, 0.3) is 0 Å². The predicted molar refractivity (Wildman–Crippen MR) is 93.5 cm³/mol. The van der Waals surface area contributed by atoms with E-state index in [0.717, 1.165) is 44.2 Å². The third kappa shape index (κ3) is 3.22. The van der Waals surface area contributed by atoms with Crippen LogP contribution in [0.5, 0.6) is 0 Å². The Bertz CT molecular complexity index is 568. The van der Waals surface area contributed by atoms with Crippen molar-refractivity contribution in [1.29, 1.82) is 0 Å². The molecule has 132 valence electrons. The van der Waals surface area contributed by atoms with Gasteiger partial charge < -0.3 is 20.1 Å². The molecule has 6 heteroatoms. The topological polar surface area (TPSA) is 70.5 Å². The van der Waals surface area contributed by atoms with Crippen LogP contribution in [0, 0.1) is 5.41 Å². The molecule has 0 bridgehead atoms.